The molecule has 3 aromatic rings. The summed E-state index contributed by atoms with van der Waals surface area (Å²) in [5.74, 6) is -2.61. The first-order valence-corrected chi connectivity index (χ1v) is 9.34. The summed E-state index contributed by atoms with van der Waals surface area (Å²) in [6.45, 7) is 1.83. The van der Waals surface area contributed by atoms with Crippen LogP contribution >= 0.6 is 0 Å². The summed E-state index contributed by atoms with van der Waals surface area (Å²) in [7, 11) is 0. The monoisotopic (exact) mass is 415 g/mol. The molecule has 2 heterocycles. The van der Waals surface area contributed by atoms with Crippen molar-refractivity contribution in [3.63, 3.8) is 0 Å². The summed E-state index contributed by atoms with van der Waals surface area (Å²) in [5, 5.41) is 11.4. The molecule has 2 N–H and O–H groups in total. The smallest absolute Gasteiger partial charge is 0.335 e. The molecule has 4 rings (SSSR count). The lowest BCUT2D eigenvalue weighted by Crippen LogP contribution is -2.54. The Labute approximate surface area is 177 Å². The van der Waals surface area contributed by atoms with E-state index in [9.17, 15) is 24.3 Å². The number of anilines is 1. The van der Waals surface area contributed by atoms with Crippen LogP contribution in [-0.2, 0) is 9.59 Å². The Morgan fingerprint density at radius 2 is 1.71 bits per heavy atom. The fourth-order valence-corrected chi connectivity index (χ4v) is 3.34. The van der Waals surface area contributed by atoms with Crippen LogP contribution in [0.5, 0.6) is 0 Å². The Morgan fingerprint density at radius 3 is 2.45 bits per heavy atom. The van der Waals surface area contributed by atoms with Crippen molar-refractivity contribution in [1.82, 2.24) is 9.88 Å². The average molecular weight is 415 g/mol. The third kappa shape index (κ3) is 3.74. The molecule has 2 aromatic carbocycles. The van der Waals surface area contributed by atoms with Gasteiger partial charge in [0.2, 0.25) is 0 Å². The van der Waals surface area contributed by atoms with Crippen molar-refractivity contribution in [2.24, 2.45) is 0 Å². The van der Waals surface area contributed by atoms with Crippen LogP contribution < -0.4 is 10.2 Å². The minimum Gasteiger partial charge on any atom is -0.478 e. The molecule has 1 saturated heterocycles. The number of nitrogens with one attached hydrogen (secondary N) is 1. The van der Waals surface area contributed by atoms with E-state index in [2.05, 4.69) is 5.32 Å². The fraction of sp³-hybridized carbons (Fsp3) is 0.0435. The number of urea groups is 1. The van der Waals surface area contributed by atoms with Crippen LogP contribution in [0, 0.1) is 6.92 Å². The Kier molecular flexibility index (Phi) is 4.96. The first-order valence-electron chi connectivity index (χ1n) is 9.34. The number of carboxylic acids is 1. The third-order valence-electron chi connectivity index (χ3n) is 4.81. The van der Waals surface area contributed by atoms with Gasteiger partial charge in [0.25, 0.3) is 11.8 Å². The van der Waals surface area contributed by atoms with Gasteiger partial charge < -0.3 is 9.67 Å². The number of carboxylic acid groups (broad SMARTS) is 1. The summed E-state index contributed by atoms with van der Waals surface area (Å²) < 4.78 is 1.65. The average Bonchev–Trinajstić information content (AvgIpc) is 3.19. The summed E-state index contributed by atoms with van der Waals surface area (Å²) in [6.07, 6.45) is 3.06. The highest BCUT2D eigenvalue weighted by molar-refractivity contribution is 6.39. The number of benzene rings is 2. The number of hydrogen-bond acceptors (Lipinski definition) is 4. The summed E-state index contributed by atoms with van der Waals surface area (Å²) in [6, 6.07) is 15.6. The fourth-order valence-electron chi connectivity index (χ4n) is 3.34. The van der Waals surface area contributed by atoms with Crippen molar-refractivity contribution >= 4 is 35.6 Å². The number of nitrogens with zero attached hydrogens (tertiary/aromatic N) is 2. The number of aromatic nitrogens is 1. The van der Waals surface area contributed by atoms with Crippen molar-refractivity contribution in [2.45, 2.75) is 6.92 Å². The van der Waals surface area contributed by atoms with Gasteiger partial charge >= 0.3 is 12.0 Å². The Morgan fingerprint density at radius 1 is 0.968 bits per heavy atom. The van der Waals surface area contributed by atoms with Gasteiger partial charge in [-0.2, -0.15) is 0 Å². The van der Waals surface area contributed by atoms with Crippen LogP contribution in [0.4, 0.5) is 10.5 Å². The largest absolute Gasteiger partial charge is 0.478 e. The SMILES string of the molecule is Cc1cccc(N2C(=O)NC(=O)/C(=C\c3cccn3-c3cccc(C(=O)O)c3)C2=O)c1. The van der Waals surface area contributed by atoms with Crippen molar-refractivity contribution in [3.8, 4) is 5.69 Å². The van der Waals surface area contributed by atoms with Crippen molar-refractivity contribution < 1.29 is 24.3 Å². The van der Waals surface area contributed by atoms with Gasteiger partial charge in [0, 0.05) is 17.6 Å². The lowest BCUT2D eigenvalue weighted by Gasteiger charge is -2.26. The van der Waals surface area contributed by atoms with Gasteiger partial charge in [0.15, 0.2) is 0 Å². The summed E-state index contributed by atoms with van der Waals surface area (Å²) >= 11 is 0. The molecule has 0 spiro atoms. The number of amides is 4. The van der Waals surface area contributed by atoms with Crippen LogP contribution in [0.1, 0.15) is 21.6 Å². The molecule has 1 aromatic heterocycles. The number of carbonyl (C=O) groups is 4. The van der Waals surface area contributed by atoms with E-state index in [-0.39, 0.29) is 11.1 Å². The molecule has 8 nitrogen and oxygen atoms in total. The number of barbiturate groups is 1. The molecular formula is C23H17N3O5. The van der Waals surface area contributed by atoms with Gasteiger partial charge in [-0.1, -0.05) is 18.2 Å². The van der Waals surface area contributed by atoms with Crippen LogP contribution in [0.3, 0.4) is 0 Å². The molecule has 0 saturated carbocycles. The van der Waals surface area contributed by atoms with Gasteiger partial charge in [-0.05, 0) is 61.0 Å². The second-order valence-corrected chi connectivity index (χ2v) is 6.96. The van der Waals surface area contributed by atoms with E-state index in [1.54, 1.807) is 53.2 Å². The van der Waals surface area contributed by atoms with Crippen LogP contribution in [0.25, 0.3) is 11.8 Å². The first kappa shape index (κ1) is 19.8. The number of imide groups is 2. The van der Waals surface area contributed by atoms with E-state index in [1.807, 2.05) is 13.0 Å². The maximum atomic E-state index is 13.1. The van der Waals surface area contributed by atoms with Gasteiger partial charge in [-0.15, -0.1) is 0 Å². The minimum atomic E-state index is -1.07. The van der Waals surface area contributed by atoms with E-state index in [4.69, 9.17) is 0 Å². The second kappa shape index (κ2) is 7.75. The van der Waals surface area contributed by atoms with Crippen LogP contribution in [-0.4, -0.2) is 33.5 Å². The number of hydrogen-bond donors (Lipinski definition) is 2. The van der Waals surface area contributed by atoms with E-state index in [1.165, 1.54) is 18.2 Å². The first-order chi connectivity index (χ1) is 14.8. The molecule has 1 aliphatic heterocycles. The lowest BCUT2D eigenvalue weighted by atomic mass is 10.1. The zero-order chi connectivity index (χ0) is 22.1. The standard InChI is InChI=1S/C23H17N3O5/c1-14-5-2-8-18(11-14)26-21(28)19(20(27)24-23(26)31)13-17-9-4-10-25(17)16-7-3-6-15(12-16)22(29)30/h2-13H,1H3,(H,29,30)(H,24,27,31)/b19-13+. The van der Waals surface area contributed by atoms with Crippen LogP contribution in [0.15, 0.2) is 72.4 Å². The van der Waals surface area contributed by atoms with Gasteiger partial charge in [0.05, 0.1) is 11.3 Å². The number of carbonyl (C=O) groups excluding carboxylic acids is 3. The van der Waals surface area contributed by atoms with Crippen molar-refractivity contribution in [1.29, 1.82) is 0 Å². The topological polar surface area (TPSA) is 109 Å². The normalized spacial score (nSPS) is 15.3. The predicted molar refractivity (Wildman–Crippen MR) is 113 cm³/mol. The number of rotatable bonds is 4. The highest BCUT2D eigenvalue weighted by Gasteiger charge is 2.37. The molecule has 1 fully saturated rings. The van der Waals surface area contributed by atoms with Gasteiger partial charge in [0.1, 0.15) is 5.57 Å². The Hall–Kier alpha value is -4.46. The molecule has 4 amide bonds. The van der Waals surface area contributed by atoms with E-state index < -0.39 is 23.8 Å². The van der Waals surface area contributed by atoms with Gasteiger partial charge in [-0.3, -0.25) is 14.9 Å². The maximum absolute atomic E-state index is 13.1. The molecule has 0 atom stereocenters. The van der Waals surface area contributed by atoms with E-state index in [0.29, 0.717) is 17.1 Å². The Balaban J connectivity index is 1.75. The zero-order valence-electron chi connectivity index (χ0n) is 16.4. The van der Waals surface area contributed by atoms with E-state index in [0.717, 1.165) is 10.5 Å². The number of aromatic carboxylic acids is 1. The molecule has 0 bridgehead atoms. The van der Waals surface area contributed by atoms with Gasteiger partial charge in [-0.25, -0.2) is 14.5 Å². The lowest BCUT2D eigenvalue weighted by molar-refractivity contribution is -0.122. The van der Waals surface area contributed by atoms with Crippen LogP contribution in [0.2, 0.25) is 0 Å². The predicted octanol–water partition coefficient (Wildman–Crippen LogP) is 3.15. The van der Waals surface area contributed by atoms with E-state index >= 15 is 0 Å². The summed E-state index contributed by atoms with van der Waals surface area (Å²) in [5.41, 5.74) is 2.12. The molecule has 8 heteroatoms. The molecule has 1 aliphatic rings. The summed E-state index contributed by atoms with van der Waals surface area (Å²) in [4.78, 5) is 50.1. The Bertz CT molecular complexity index is 1270. The highest BCUT2D eigenvalue weighted by Crippen LogP contribution is 2.24. The zero-order valence-corrected chi connectivity index (χ0v) is 16.4. The second-order valence-electron chi connectivity index (χ2n) is 6.96. The quantitative estimate of drug-likeness (QED) is 0.503. The molecular weight excluding hydrogens is 398 g/mol. The third-order valence-corrected chi connectivity index (χ3v) is 4.81. The maximum Gasteiger partial charge on any atom is 0.335 e. The highest BCUT2D eigenvalue weighted by atomic mass is 16.4. The molecule has 0 unspecified atom stereocenters. The number of aryl methyl sites for hydroxylation is 1. The minimum absolute atomic E-state index is 0.104. The molecule has 154 valence electrons. The molecule has 0 radical (unpaired) electrons. The molecule has 0 aliphatic carbocycles. The van der Waals surface area contributed by atoms with Crippen molar-refractivity contribution in [2.75, 3.05) is 4.90 Å². The van der Waals surface area contributed by atoms with Crippen molar-refractivity contribution in [3.05, 3.63) is 89.3 Å². The molecule has 31 heavy (non-hydrogen) atoms.